The maximum absolute atomic E-state index is 13.3. The number of halogens is 2. The molecule has 6 heteroatoms. The highest BCUT2D eigenvalue weighted by molar-refractivity contribution is 5.85. The van der Waals surface area contributed by atoms with Crippen LogP contribution in [0.1, 0.15) is 6.92 Å². The second kappa shape index (κ2) is 4.78. The third-order valence-electron chi connectivity index (χ3n) is 2.13. The lowest BCUT2D eigenvalue weighted by Crippen LogP contribution is -2.35. The quantitative estimate of drug-likeness (QED) is 0.680. The van der Waals surface area contributed by atoms with Gasteiger partial charge < -0.3 is 16.4 Å². The average molecular weight is 229 g/mol. The molecule has 0 bridgehead atoms. The minimum absolute atomic E-state index is 0.0506. The Morgan fingerprint density at radius 2 is 2.06 bits per heavy atom. The number of carbonyl (C=O) groups is 1. The monoisotopic (exact) mass is 229 g/mol. The van der Waals surface area contributed by atoms with Gasteiger partial charge in [0.05, 0.1) is 11.4 Å². The third kappa shape index (κ3) is 2.39. The van der Waals surface area contributed by atoms with Gasteiger partial charge in [0.1, 0.15) is 6.04 Å². The van der Waals surface area contributed by atoms with Crippen molar-refractivity contribution in [3.63, 3.8) is 0 Å². The van der Waals surface area contributed by atoms with Crippen LogP contribution in [0.5, 0.6) is 0 Å². The van der Waals surface area contributed by atoms with Crippen molar-refractivity contribution >= 4 is 17.3 Å². The van der Waals surface area contributed by atoms with Crippen molar-refractivity contribution < 1.29 is 13.6 Å². The lowest BCUT2D eigenvalue weighted by atomic mass is 10.2. The van der Waals surface area contributed by atoms with Crippen LogP contribution in [0.3, 0.4) is 0 Å². The Balaban J connectivity index is 2.97. The van der Waals surface area contributed by atoms with Crippen molar-refractivity contribution in [2.24, 2.45) is 0 Å². The molecule has 1 aromatic carbocycles. The molecule has 0 aromatic heterocycles. The fourth-order valence-corrected chi connectivity index (χ4v) is 1.21. The number of hydrogen-bond donors (Lipinski definition) is 3. The van der Waals surface area contributed by atoms with Gasteiger partial charge in [0.15, 0.2) is 11.6 Å². The molecule has 0 saturated heterocycles. The molecule has 88 valence electrons. The Hall–Kier alpha value is -1.85. The maximum Gasteiger partial charge on any atom is 0.241 e. The van der Waals surface area contributed by atoms with Gasteiger partial charge in [-0.3, -0.25) is 4.79 Å². The molecule has 0 aliphatic rings. The van der Waals surface area contributed by atoms with E-state index in [2.05, 4.69) is 10.6 Å². The summed E-state index contributed by atoms with van der Waals surface area (Å²) in [5.74, 6) is -2.44. The number of rotatable bonds is 3. The summed E-state index contributed by atoms with van der Waals surface area (Å²) in [6, 6.07) is 1.46. The van der Waals surface area contributed by atoms with Crippen LogP contribution in [-0.2, 0) is 4.79 Å². The summed E-state index contributed by atoms with van der Waals surface area (Å²) >= 11 is 0. The van der Waals surface area contributed by atoms with Crippen molar-refractivity contribution in [2.45, 2.75) is 13.0 Å². The standard InChI is InChI=1S/C10H13F2N3O/c1-5(10(16)14-2)15-9-7(13)4-3-6(11)8(9)12/h3-5,15H,13H2,1-2H3,(H,14,16). The number of likely N-dealkylation sites (N-methyl/N-ethyl adjacent to an activating group) is 1. The predicted molar refractivity (Wildman–Crippen MR) is 57.9 cm³/mol. The minimum atomic E-state index is -1.09. The Morgan fingerprint density at radius 3 is 2.62 bits per heavy atom. The van der Waals surface area contributed by atoms with E-state index in [1.165, 1.54) is 20.0 Å². The zero-order valence-electron chi connectivity index (χ0n) is 8.97. The van der Waals surface area contributed by atoms with Crippen LogP contribution in [-0.4, -0.2) is 19.0 Å². The Labute approximate surface area is 91.8 Å². The summed E-state index contributed by atoms with van der Waals surface area (Å²) in [5, 5.41) is 4.90. The van der Waals surface area contributed by atoms with Crippen molar-refractivity contribution in [2.75, 3.05) is 18.1 Å². The summed E-state index contributed by atoms with van der Waals surface area (Å²) in [5.41, 5.74) is 5.33. The zero-order valence-corrected chi connectivity index (χ0v) is 8.97. The zero-order chi connectivity index (χ0) is 12.3. The summed E-state index contributed by atoms with van der Waals surface area (Å²) in [7, 11) is 1.45. The van der Waals surface area contributed by atoms with E-state index < -0.39 is 17.7 Å². The number of amides is 1. The van der Waals surface area contributed by atoms with E-state index in [9.17, 15) is 13.6 Å². The van der Waals surface area contributed by atoms with Gasteiger partial charge in [-0.05, 0) is 19.1 Å². The topological polar surface area (TPSA) is 67.2 Å². The summed E-state index contributed by atoms with van der Waals surface area (Å²) in [6.45, 7) is 1.52. The van der Waals surface area contributed by atoms with E-state index in [0.29, 0.717) is 0 Å². The van der Waals surface area contributed by atoms with Crippen LogP contribution in [0.4, 0.5) is 20.2 Å². The van der Waals surface area contributed by atoms with Gasteiger partial charge in [0, 0.05) is 7.05 Å². The normalized spacial score (nSPS) is 12.0. The lowest BCUT2D eigenvalue weighted by Gasteiger charge is -2.16. The molecule has 0 aliphatic carbocycles. The third-order valence-corrected chi connectivity index (χ3v) is 2.13. The molecule has 1 rings (SSSR count). The van der Waals surface area contributed by atoms with E-state index >= 15 is 0 Å². The number of carbonyl (C=O) groups excluding carboxylic acids is 1. The number of benzene rings is 1. The maximum atomic E-state index is 13.3. The molecule has 4 nitrogen and oxygen atoms in total. The predicted octanol–water partition coefficient (Wildman–Crippen LogP) is 1.09. The number of nitrogen functional groups attached to an aromatic ring is 1. The van der Waals surface area contributed by atoms with Gasteiger partial charge in [-0.2, -0.15) is 0 Å². The van der Waals surface area contributed by atoms with Crippen LogP contribution < -0.4 is 16.4 Å². The van der Waals surface area contributed by atoms with Gasteiger partial charge in [-0.1, -0.05) is 0 Å². The molecule has 0 aliphatic heterocycles. The summed E-state index contributed by atoms with van der Waals surface area (Å²) in [4.78, 5) is 11.2. The van der Waals surface area contributed by atoms with E-state index in [4.69, 9.17) is 5.73 Å². The molecule has 0 fully saturated rings. The number of nitrogens with one attached hydrogen (secondary N) is 2. The van der Waals surface area contributed by atoms with Crippen molar-refractivity contribution in [1.29, 1.82) is 0 Å². The van der Waals surface area contributed by atoms with Crippen LogP contribution in [0.25, 0.3) is 0 Å². The first-order chi connectivity index (χ1) is 7.47. The molecule has 16 heavy (non-hydrogen) atoms. The highest BCUT2D eigenvalue weighted by atomic mass is 19.2. The molecule has 1 amide bonds. The number of anilines is 2. The summed E-state index contributed by atoms with van der Waals surface area (Å²) in [6.07, 6.45) is 0. The molecule has 4 N–H and O–H groups in total. The first-order valence-corrected chi connectivity index (χ1v) is 4.69. The molecular weight excluding hydrogens is 216 g/mol. The van der Waals surface area contributed by atoms with E-state index in [1.807, 2.05) is 0 Å². The Bertz CT molecular complexity index is 409. The van der Waals surface area contributed by atoms with Crippen molar-refractivity contribution in [3.05, 3.63) is 23.8 Å². The fraction of sp³-hybridized carbons (Fsp3) is 0.300. The van der Waals surface area contributed by atoms with Gasteiger partial charge in [-0.25, -0.2) is 8.78 Å². The van der Waals surface area contributed by atoms with Gasteiger partial charge in [0.25, 0.3) is 0 Å². The Morgan fingerprint density at radius 1 is 1.44 bits per heavy atom. The molecule has 0 heterocycles. The summed E-state index contributed by atoms with van der Waals surface area (Å²) < 4.78 is 26.3. The van der Waals surface area contributed by atoms with E-state index in [1.54, 1.807) is 0 Å². The minimum Gasteiger partial charge on any atom is -0.397 e. The van der Waals surface area contributed by atoms with Crippen LogP contribution in [0, 0.1) is 11.6 Å². The van der Waals surface area contributed by atoms with Gasteiger partial charge >= 0.3 is 0 Å². The van der Waals surface area contributed by atoms with Gasteiger partial charge in [-0.15, -0.1) is 0 Å². The highest BCUT2D eigenvalue weighted by Gasteiger charge is 2.17. The molecule has 0 saturated carbocycles. The molecule has 1 unspecified atom stereocenters. The van der Waals surface area contributed by atoms with Crippen molar-refractivity contribution in [1.82, 2.24) is 5.32 Å². The Kier molecular flexibility index (Phi) is 3.65. The lowest BCUT2D eigenvalue weighted by molar-refractivity contribution is -0.121. The fourth-order valence-electron chi connectivity index (χ4n) is 1.21. The first kappa shape index (κ1) is 12.2. The molecule has 0 radical (unpaired) electrons. The second-order valence-electron chi connectivity index (χ2n) is 3.31. The molecule has 1 aromatic rings. The second-order valence-corrected chi connectivity index (χ2v) is 3.31. The smallest absolute Gasteiger partial charge is 0.241 e. The van der Waals surface area contributed by atoms with E-state index in [-0.39, 0.29) is 17.3 Å². The molecule has 0 spiro atoms. The number of hydrogen-bond acceptors (Lipinski definition) is 3. The first-order valence-electron chi connectivity index (χ1n) is 4.69. The SMILES string of the molecule is CNC(=O)C(C)Nc1c(N)ccc(F)c1F. The van der Waals surface area contributed by atoms with Crippen molar-refractivity contribution in [3.8, 4) is 0 Å². The molecular formula is C10H13F2N3O. The van der Waals surface area contributed by atoms with Crippen LogP contribution in [0.15, 0.2) is 12.1 Å². The highest BCUT2D eigenvalue weighted by Crippen LogP contribution is 2.25. The molecule has 1 atom stereocenters. The average Bonchev–Trinajstić information content (AvgIpc) is 2.28. The number of nitrogens with two attached hydrogens (primary N) is 1. The van der Waals surface area contributed by atoms with E-state index in [0.717, 1.165) is 6.07 Å². The van der Waals surface area contributed by atoms with Crippen LogP contribution >= 0.6 is 0 Å². The largest absolute Gasteiger partial charge is 0.397 e. The van der Waals surface area contributed by atoms with Crippen LogP contribution in [0.2, 0.25) is 0 Å². The van der Waals surface area contributed by atoms with Gasteiger partial charge in [0.2, 0.25) is 5.91 Å².